The number of pyridine rings is 1. The highest BCUT2D eigenvalue weighted by Crippen LogP contribution is 2.26. The standard InChI is InChI=1S/C29H26N4O2/c1-34-29-20-27(35-17-14-24-4-2-3-15-30-24)12-9-23(29)8-11-26-19-25(32-33-26)10-6-21-5-7-22-13-16-31-28(22)18-21/h2-13,15-16,18-20,31H,14,17H2,1H3,(H,32,33). The molecule has 2 N–H and O–H groups in total. The largest absolute Gasteiger partial charge is 0.496 e. The highest BCUT2D eigenvalue weighted by molar-refractivity contribution is 5.83. The quantitative estimate of drug-likeness (QED) is 0.271. The number of ether oxygens (including phenoxy) is 2. The van der Waals surface area contributed by atoms with E-state index in [0.29, 0.717) is 6.61 Å². The lowest BCUT2D eigenvalue weighted by Gasteiger charge is -2.10. The number of methoxy groups -OCH3 is 1. The number of aromatic amines is 2. The predicted molar refractivity (Wildman–Crippen MR) is 141 cm³/mol. The van der Waals surface area contributed by atoms with Gasteiger partial charge in [0.25, 0.3) is 0 Å². The summed E-state index contributed by atoms with van der Waals surface area (Å²) in [6.45, 7) is 0.554. The van der Waals surface area contributed by atoms with E-state index in [1.54, 1.807) is 13.3 Å². The first-order valence-electron chi connectivity index (χ1n) is 11.5. The fourth-order valence-electron chi connectivity index (χ4n) is 3.79. The fourth-order valence-corrected chi connectivity index (χ4v) is 3.79. The summed E-state index contributed by atoms with van der Waals surface area (Å²) in [6.07, 6.45) is 12.5. The van der Waals surface area contributed by atoms with Gasteiger partial charge in [-0.3, -0.25) is 10.1 Å². The van der Waals surface area contributed by atoms with Crippen molar-refractivity contribution in [3.05, 3.63) is 107 Å². The Labute approximate surface area is 204 Å². The molecule has 0 aliphatic carbocycles. The van der Waals surface area contributed by atoms with Crippen LogP contribution < -0.4 is 9.47 Å². The Morgan fingerprint density at radius 1 is 0.914 bits per heavy atom. The van der Waals surface area contributed by atoms with Crippen molar-refractivity contribution in [2.45, 2.75) is 6.42 Å². The maximum absolute atomic E-state index is 5.89. The third kappa shape index (κ3) is 5.68. The number of rotatable bonds is 9. The van der Waals surface area contributed by atoms with Gasteiger partial charge in [-0.05, 0) is 71.6 Å². The van der Waals surface area contributed by atoms with E-state index in [1.165, 1.54) is 5.39 Å². The number of nitrogens with zero attached hydrogens (tertiary/aromatic N) is 2. The lowest BCUT2D eigenvalue weighted by Crippen LogP contribution is -2.03. The van der Waals surface area contributed by atoms with Gasteiger partial charge >= 0.3 is 0 Å². The molecule has 0 bridgehead atoms. The minimum atomic E-state index is 0.554. The maximum atomic E-state index is 5.89. The molecule has 0 amide bonds. The molecule has 0 fully saturated rings. The van der Waals surface area contributed by atoms with Gasteiger partial charge in [0, 0.05) is 41.7 Å². The van der Waals surface area contributed by atoms with Crippen molar-refractivity contribution >= 4 is 35.2 Å². The SMILES string of the molecule is COc1cc(OCCc2ccccn2)ccc1C=Cc1cc(C=Cc2ccc3cc[nH]c3c2)n[nH]1. The van der Waals surface area contributed by atoms with Crippen LogP contribution in [0.4, 0.5) is 0 Å². The number of fused-ring (bicyclic) bond motifs is 1. The second kappa shape index (κ2) is 10.6. The number of benzene rings is 2. The Balaban J connectivity index is 1.21. The molecule has 0 aliphatic rings. The predicted octanol–water partition coefficient (Wildman–Crippen LogP) is 6.26. The molecule has 3 aromatic heterocycles. The minimum absolute atomic E-state index is 0.554. The van der Waals surface area contributed by atoms with Crippen LogP contribution >= 0.6 is 0 Å². The summed E-state index contributed by atoms with van der Waals surface area (Å²) in [7, 11) is 1.66. The lowest BCUT2D eigenvalue weighted by atomic mass is 10.1. The summed E-state index contributed by atoms with van der Waals surface area (Å²) in [5, 5.41) is 8.65. The van der Waals surface area contributed by atoms with E-state index in [1.807, 2.05) is 66.9 Å². The van der Waals surface area contributed by atoms with Gasteiger partial charge in [-0.1, -0.05) is 24.3 Å². The molecule has 5 rings (SSSR count). The molecule has 6 heteroatoms. The second-order valence-corrected chi connectivity index (χ2v) is 8.06. The second-order valence-electron chi connectivity index (χ2n) is 8.06. The zero-order valence-corrected chi connectivity index (χ0v) is 19.4. The van der Waals surface area contributed by atoms with Gasteiger partial charge in [0.15, 0.2) is 0 Å². The smallest absolute Gasteiger partial charge is 0.129 e. The molecule has 0 atom stereocenters. The van der Waals surface area contributed by atoms with Crippen LogP contribution in [0, 0.1) is 0 Å². The molecule has 0 spiro atoms. The Morgan fingerprint density at radius 2 is 1.89 bits per heavy atom. The van der Waals surface area contributed by atoms with E-state index in [9.17, 15) is 0 Å². The molecule has 0 saturated carbocycles. The molecule has 0 aliphatic heterocycles. The monoisotopic (exact) mass is 462 g/mol. The van der Waals surface area contributed by atoms with Crippen molar-refractivity contribution in [3.63, 3.8) is 0 Å². The van der Waals surface area contributed by atoms with Crippen LogP contribution in [0.1, 0.15) is 28.2 Å². The van der Waals surface area contributed by atoms with E-state index in [4.69, 9.17) is 9.47 Å². The van der Waals surface area contributed by atoms with Crippen molar-refractivity contribution in [3.8, 4) is 11.5 Å². The number of hydrogen-bond donors (Lipinski definition) is 2. The summed E-state index contributed by atoms with van der Waals surface area (Å²) in [5.41, 5.74) is 5.97. The van der Waals surface area contributed by atoms with E-state index in [0.717, 1.165) is 51.6 Å². The summed E-state index contributed by atoms with van der Waals surface area (Å²) in [5.74, 6) is 1.51. The van der Waals surface area contributed by atoms with Crippen molar-refractivity contribution in [1.82, 2.24) is 20.2 Å². The van der Waals surface area contributed by atoms with Crippen LogP contribution in [0.3, 0.4) is 0 Å². The van der Waals surface area contributed by atoms with Gasteiger partial charge in [-0.15, -0.1) is 0 Å². The zero-order chi connectivity index (χ0) is 23.9. The summed E-state index contributed by atoms with van der Waals surface area (Å²) in [6, 6.07) is 22.1. The molecular weight excluding hydrogens is 436 g/mol. The fraction of sp³-hybridized carbons (Fsp3) is 0.103. The molecule has 2 aromatic carbocycles. The minimum Gasteiger partial charge on any atom is -0.496 e. The third-order valence-electron chi connectivity index (χ3n) is 5.64. The molecule has 174 valence electrons. The number of aromatic nitrogens is 4. The highest BCUT2D eigenvalue weighted by Gasteiger charge is 2.04. The van der Waals surface area contributed by atoms with Crippen LogP contribution in [0.2, 0.25) is 0 Å². The van der Waals surface area contributed by atoms with Gasteiger partial charge in [-0.2, -0.15) is 5.10 Å². The van der Waals surface area contributed by atoms with Gasteiger partial charge in [0.1, 0.15) is 11.5 Å². The first-order valence-corrected chi connectivity index (χ1v) is 11.5. The topological polar surface area (TPSA) is 75.8 Å². The van der Waals surface area contributed by atoms with Gasteiger partial charge in [-0.25, -0.2) is 0 Å². The van der Waals surface area contributed by atoms with Crippen LogP contribution in [0.25, 0.3) is 35.2 Å². The summed E-state index contributed by atoms with van der Waals surface area (Å²) in [4.78, 5) is 7.56. The molecule has 0 radical (unpaired) electrons. The molecule has 0 saturated heterocycles. The first-order chi connectivity index (χ1) is 17.3. The van der Waals surface area contributed by atoms with Crippen LogP contribution in [-0.2, 0) is 6.42 Å². The number of H-pyrrole nitrogens is 2. The van der Waals surface area contributed by atoms with Gasteiger partial charge in [0.05, 0.1) is 25.1 Å². The van der Waals surface area contributed by atoms with Gasteiger partial charge in [0.2, 0.25) is 0 Å². The highest BCUT2D eigenvalue weighted by atomic mass is 16.5. The lowest BCUT2D eigenvalue weighted by molar-refractivity contribution is 0.317. The van der Waals surface area contributed by atoms with Crippen LogP contribution in [-0.4, -0.2) is 33.9 Å². The van der Waals surface area contributed by atoms with E-state index < -0.39 is 0 Å². The zero-order valence-electron chi connectivity index (χ0n) is 19.4. The third-order valence-corrected chi connectivity index (χ3v) is 5.64. The van der Waals surface area contributed by atoms with E-state index >= 15 is 0 Å². The molecule has 35 heavy (non-hydrogen) atoms. The Morgan fingerprint density at radius 3 is 2.77 bits per heavy atom. The Bertz CT molecular complexity index is 1460. The molecule has 5 aromatic rings. The average molecular weight is 463 g/mol. The van der Waals surface area contributed by atoms with Crippen molar-refractivity contribution in [2.24, 2.45) is 0 Å². The summed E-state index contributed by atoms with van der Waals surface area (Å²) >= 11 is 0. The Hall–Kier alpha value is -4.58. The van der Waals surface area contributed by atoms with Crippen LogP contribution in [0.15, 0.2) is 79.1 Å². The van der Waals surface area contributed by atoms with Crippen molar-refractivity contribution in [1.29, 1.82) is 0 Å². The molecule has 0 unspecified atom stereocenters. The molecule has 6 nitrogen and oxygen atoms in total. The molecule has 3 heterocycles. The number of nitrogens with one attached hydrogen (secondary N) is 2. The van der Waals surface area contributed by atoms with E-state index in [2.05, 4.69) is 50.5 Å². The van der Waals surface area contributed by atoms with E-state index in [-0.39, 0.29) is 0 Å². The van der Waals surface area contributed by atoms with Crippen molar-refractivity contribution in [2.75, 3.05) is 13.7 Å². The first kappa shape index (κ1) is 22.2. The van der Waals surface area contributed by atoms with Crippen molar-refractivity contribution < 1.29 is 9.47 Å². The average Bonchev–Trinajstić information content (AvgIpc) is 3.56. The maximum Gasteiger partial charge on any atom is 0.129 e. The van der Waals surface area contributed by atoms with Crippen LogP contribution in [0.5, 0.6) is 11.5 Å². The normalized spacial score (nSPS) is 11.6. The summed E-state index contributed by atoms with van der Waals surface area (Å²) < 4.78 is 11.5. The molecular formula is C29H26N4O2. The van der Waals surface area contributed by atoms with Gasteiger partial charge < -0.3 is 14.5 Å². The number of hydrogen-bond acceptors (Lipinski definition) is 4. The Kier molecular flexibility index (Phi) is 6.71.